The monoisotopic (exact) mass is 355 g/mol. The minimum absolute atomic E-state index is 0.170. The smallest absolute Gasteiger partial charge is 0.191 e. The van der Waals surface area contributed by atoms with Crippen molar-refractivity contribution in [2.45, 2.75) is 25.8 Å². The van der Waals surface area contributed by atoms with Gasteiger partial charge in [-0.3, -0.25) is 4.99 Å². The summed E-state index contributed by atoms with van der Waals surface area (Å²) in [6, 6.07) is 3.41. The van der Waals surface area contributed by atoms with E-state index in [0.717, 1.165) is 51.2 Å². The van der Waals surface area contributed by atoms with Crippen molar-refractivity contribution in [1.29, 1.82) is 0 Å². The molecular weight excluding hydrogens is 328 g/mol. The average molecular weight is 355 g/mol. The molecule has 0 aliphatic carbocycles. The second-order valence-corrected chi connectivity index (χ2v) is 6.07. The Morgan fingerprint density at radius 3 is 2.84 bits per heavy atom. The number of halogens is 2. The van der Waals surface area contributed by atoms with Gasteiger partial charge in [0.15, 0.2) is 5.96 Å². The van der Waals surface area contributed by atoms with Crippen LogP contribution in [0.2, 0.25) is 0 Å². The number of rotatable bonds is 8. The van der Waals surface area contributed by atoms with E-state index in [1.807, 2.05) is 0 Å². The van der Waals surface area contributed by atoms with Gasteiger partial charge in [0.2, 0.25) is 0 Å². The molecule has 2 rings (SSSR count). The fourth-order valence-electron chi connectivity index (χ4n) is 2.62. The molecule has 0 amide bonds. The van der Waals surface area contributed by atoms with Crippen LogP contribution in [0.5, 0.6) is 0 Å². The van der Waals surface area contributed by atoms with Gasteiger partial charge in [-0.2, -0.15) is 0 Å². The Bertz CT molecular complexity index is 549. The highest BCUT2D eigenvalue weighted by atomic mass is 19.1. The lowest BCUT2D eigenvalue weighted by molar-refractivity contribution is 0.0203. The van der Waals surface area contributed by atoms with Crippen LogP contribution in [-0.4, -0.2) is 46.0 Å². The first-order chi connectivity index (χ1) is 12.2. The van der Waals surface area contributed by atoms with Crippen LogP contribution in [0.3, 0.4) is 0 Å². The van der Waals surface area contributed by atoms with Crippen molar-refractivity contribution < 1.29 is 18.3 Å². The molecule has 0 radical (unpaired) electrons. The SMILES string of the molecule is CN=C(NCCCOCC1CCOCC1)NCc1cc(F)ccc1F. The fraction of sp³-hybridized carbons (Fsp3) is 0.611. The molecule has 1 aliphatic rings. The van der Waals surface area contributed by atoms with E-state index in [0.29, 0.717) is 25.0 Å². The summed E-state index contributed by atoms with van der Waals surface area (Å²) in [6.45, 7) is 4.00. The maximum atomic E-state index is 13.6. The Morgan fingerprint density at radius 1 is 1.28 bits per heavy atom. The number of nitrogens with one attached hydrogen (secondary N) is 2. The third-order valence-electron chi connectivity index (χ3n) is 4.13. The topological polar surface area (TPSA) is 54.9 Å². The number of aliphatic imine (C=N–C) groups is 1. The number of hydrogen-bond donors (Lipinski definition) is 2. The quantitative estimate of drug-likeness (QED) is 0.427. The van der Waals surface area contributed by atoms with Gasteiger partial charge in [-0.05, 0) is 43.4 Å². The zero-order chi connectivity index (χ0) is 17.9. The molecule has 7 heteroatoms. The molecule has 0 unspecified atom stereocenters. The predicted octanol–water partition coefficient (Wildman–Crippen LogP) is 2.46. The molecular formula is C18H27F2N3O2. The van der Waals surface area contributed by atoms with E-state index in [1.54, 1.807) is 7.05 Å². The Kier molecular flexibility index (Phi) is 8.62. The molecule has 1 fully saturated rings. The third-order valence-corrected chi connectivity index (χ3v) is 4.13. The van der Waals surface area contributed by atoms with Crippen LogP contribution >= 0.6 is 0 Å². The van der Waals surface area contributed by atoms with E-state index in [1.165, 1.54) is 6.07 Å². The summed E-state index contributed by atoms with van der Waals surface area (Å²) in [4.78, 5) is 4.07. The molecule has 0 saturated carbocycles. The van der Waals surface area contributed by atoms with E-state index in [2.05, 4.69) is 15.6 Å². The molecule has 1 aromatic carbocycles. The van der Waals surface area contributed by atoms with Crippen molar-refractivity contribution >= 4 is 5.96 Å². The Hall–Kier alpha value is -1.73. The summed E-state index contributed by atoms with van der Waals surface area (Å²) >= 11 is 0. The molecule has 1 heterocycles. The van der Waals surface area contributed by atoms with Gasteiger partial charge in [0.25, 0.3) is 0 Å². The largest absolute Gasteiger partial charge is 0.381 e. The zero-order valence-electron chi connectivity index (χ0n) is 14.7. The standard InChI is InChI=1S/C18H27F2N3O2/c1-21-18(23-12-15-11-16(19)3-4-17(15)20)22-7-2-8-25-13-14-5-9-24-10-6-14/h3-4,11,14H,2,5-10,12-13H2,1H3,(H2,21,22,23). The predicted molar refractivity (Wildman–Crippen MR) is 93.5 cm³/mol. The second-order valence-electron chi connectivity index (χ2n) is 6.07. The Balaban J connectivity index is 1.58. The average Bonchev–Trinajstić information content (AvgIpc) is 2.64. The molecule has 0 spiro atoms. The molecule has 0 bridgehead atoms. The van der Waals surface area contributed by atoms with E-state index in [9.17, 15) is 8.78 Å². The highest BCUT2D eigenvalue weighted by molar-refractivity contribution is 5.79. The van der Waals surface area contributed by atoms with Crippen LogP contribution < -0.4 is 10.6 Å². The zero-order valence-corrected chi connectivity index (χ0v) is 14.7. The highest BCUT2D eigenvalue weighted by Gasteiger charge is 2.13. The maximum absolute atomic E-state index is 13.6. The lowest BCUT2D eigenvalue weighted by atomic mass is 10.0. The van der Waals surface area contributed by atoms with Crippen molar-refractivity contribution in [1.82, 2.24) is 10.6 Å². The number of hydrogen-bond acceptors (Lipinski definition) is 3. The van der Waals surface area contributed by atoms with Crippen LogP contribution in [0.1, 0.15) is 24.8 Å². The summed E-state index contributed by atoms with van der Waals surface area (Å²) in [5.74, 6) is 0.263. The normalized spacial score (nSPS) is 16.0. The second kappa shape index (κ2) is 11.0. The highest BCUT2D eigenvalue weighted by Crippen LogP contribution is 2.14. The first-order valence-corrected chi connectivity index (χ1v) is 8.73. The van der Waals surface area contributed by atoms with E-state index in [-0.39, 0.29) is 12.1 Å². The number of benzene rings is 1. The van der Waals surface area contributed by atoms with Gasteiger partial charge >= 0.3 is 0 Å². The van der Waals surface area contributed by atoms with Crippen LogP contribution in [-0.2, 0) is 16.0 Å². The fourth-order valence-corrected chi connectivity index (χ4v) is 2.62. The van der Waals surface area contributed by atoms with Crippen LogP contribution in [0.15, 0.2) is 23.2 Å². The molecule has 5 nitrogen and oxygen atoms in total. The van der Waals surface area contributed by atoms with Crippen LogP contribution in [0, 0.1) is 17.6 Å². The van der Waals surface area contributed by atoms with Crippen molar-refractivity contribution in [3.05, 3.63) is 35.4 Å². The summed E-state index contributed by atoms with van der Waals surface area (Å²) in [6.07, 6.45) is 3.00. The molecule has 1 aliphatic heterocycles. The van der Waals surface area contributed by atoms with Crippen molar-refractivity contribution in [3.63, 3.8) is 0 Å². The van der Waals surface area contributed by atoms with E-state index in [4.69, 9.17) is 9.47 Å². The van der Waals surface area contributed by atoms with Gasteiger partial charge in [0.1, 0.15) is 11.6 Å². The molecule has 0 aromatic heterocycles. The molecule has 0 atom stereocenters. The van der Waals surface area contributed by atoms with Gasteiger partial charge in [-0.25, -0.2) is 8.78 Å². The summed E-state index contributed by atoms with van der Waals surface area (Å²) in [7, 11) is 1.64. The summed E-state index contributed by atoms with van der Waals surface area (Å²) in [5, 5.41) is 6.11. The van der Waals surface area contributed by atoms with Gasteiger partial charge < -0.3 is 20.1 Å². The number of nitrogens with zero attached hydrogens (tertiary/aromatic N) is 1. The summed E-state index contributed by atoms with van der Waals surface area (Å²) < 4.78 is 37.7. The molecule has 140 valence electrons. The first-order valence-electron chi connectivity index (χ1n) is 8.73. The van der Waals surface area contributed by atoms with E-state index >= 15 is 0 Å². The van der Waals surface area contributed by atoms with E-state index < -0.39 is 11.6 Å². The van der Waals surface area contributed by atoms with Gasteiger partial charge in [0.05, 0.1) is 0 Å². The lowest BCUT2D eigenvalue weighted by Gasteiger charge is -2.21. The third kappa shape index (κ3) is 7.36. The Labute approximate surface area is 147 Å². The lowest BCUT2D eigenvalue weighted by Crippen LogP contribution is -2.37. The maximum Gasteiger partial charge on any atom is 0.191 e. The molecule has 2 N–H and O–H groups in total. The van der Waals surface area contributed by atoms with Gasteiger partial charge in [-0.1, -0.05) is 0 Å². The number of ether oxygens (including phenoxy) is 2. The minimum Gasteiger partial charge on any atom is -0.381 e. The number of guanidine groups is 1. The van der Waals surface area contributed by atoms with Gasteiger partial charge in [0, 0.05) is 52.1 Å². The van der Waals surface area contributed by atoms with Crippen molar-refractivity contribution in [2.24, 2.45) is 10.9 Å². The molecule has 1 saturated heterocycles. The van der Waals surface area contributed by atoms with Crippen molar-refractivity contribution in [3.8, 4) is 0 Å². The van der Waals surface area contributed by atoms with Crippen LogP contribution in [0.25, 0.3) is 0 Å². The van der Waals surface area contributed by atoms with Gasteiger partial charge in [-0.15, -0.1) is 0 Å². The minimum atomic E-state index is -0.456. The molecule has 25 heavy (non-hydrogen) atoms. The molecule has 1 aromatic rings. The first kappa shape index (κ1) is 19.6. The Morgan fingerprint density at radius 2 is 2.08 bits per heavy atom. The van der Waals surface area contributed by atoms with Crippen molar-refractivity contribution in [2.75, 3.05) is 40.0 Å². The summed E-state index contributed by atoms with van der Waals surface area (Å²) in [5.41, 5.74) is 0.266. The van der Waals surface area contributed by atoms with Crippen LogP contribution in [0.4, 0.5) is 8.78 Å².